The molecule has 0 aliphatic carbocycles. The number of aromatic nitrogens is 1. The molecule has 0 bridgehead atoms. The van der Waals surface area contributed by atoms with Crippen LogP contribution in [0.15, 0.2) is 40.0 Å². The Labute approximate surface area is 235 Å². The third-order valence-corrected chi connectivity index (χ3v) is 8.81. The van der Waals surface area contributed by atoms with Crippen LogP contribution in [-0.2, 0) is 17.8 Å². The number of pyridine rings is 1. The van der Waals surface area contributed by atoms with Gasteiger partial charge in [-0.15, -0.1) is 0 Å². The predicted molar refractivity (Wildman–Crippen MR) is 160 cm³/mol. The molecule has 4 rings (SSSR count). The maximum atomic E-state index is 13.5. The Hall–Kier alpha value is -2.89. The van der Waals surface area contributed by atoms with Crippen LogP contribution in [0.25, 0.3) is 6.08 Å². The summed E-state index contributed by atoms with van der Waals surface area (Å²) in [5.41, 5.74) is 2.67. The molecule has 3 heterocycles. The van der Waals surface area contributed by atoms with E-state index in [0.29, 0.717) is 27.3 Å². The van der Waals surface area contributed by atoms with E-state index in [2.05, 4.69) is 42.2 Å². The zero-order valence-corrected chi connectivity index (χ0v) is 24.3. The fraction of sp³-hybridized carbons (Fsp3) is 0.467. The Balaban J connectivity index is 1.76. The van der Waals surface area contributed by atoms with Crippen molar-refractivity contribution in [3.05, 3.63) is 67.8 Å². The average Bonchev–Trinajstić information content (AvgIpc) is 3.19. The minimum absolute atomic E-state index is 0.0363. The topological polar surface area (TPSA) is 69.3 Å². The first-order valence-corrected chi connectivity index (χ1v) is 14.7. The number of unbranched alkanes of at least 4 members (excludes halogenated alkanes) is 1. The lowest BCUT2D eigenvalue weighted by atomic mass is 9.90. The van der Waals surface area contributed by atoms with E-state index in [9.17, 15) is 14.9 Å². The first-order chi connectivity index (χ1) is 18.3. The molecule has 2 aromatic rings. The highest BCUT2D eigenvalue weighted by atomic mass is 32.2. The van der Waals surface area contributed by atoms with E-state index < -0.39 is 0 Å². The summed E-state index contributed by atoms with van der Waals surface area (Å²) in [4.78, 5) is 31.3. The lowest BCUT2D eigenvalue weighted by Crippen LogP contribution is -2.40. The van der Waals surface area contributed by atoms with Crippen LogP contribution in [0.1, 0.15) is 68.7 Å². The molecule has 0 atom stereocenters. The average molecular weight is 549 g/mol. The second-order valence-electron chi connectivity index (χ2n) is 10.4. The minimum atomic E-state index is -0.244. The molecule has 0 N–H and O–H groups in total. The van der Waals surface area contributed by atoms with Crippen LogP contribution < -0.4 is 10.5 Å². The van der Waals surface area contributed by atoms with E-state index in [4.69, 9.17) is 12.2 Å². The molecule has 0 saturated carbocycles. The number of hydrogen-bond acceptors (Lipinski definition) is 6. The number of hydrogen-bond donors (Lipinski definition) is 0. The molecule has 1 aromatic carbocycles. The lowest BCUT2D eigenvalue weighted by molar-refractivity contribution is -0.123. The van der Waals surface area contributed by atoms with Crippen LogP contribution in [0, 0.1) is 24.2 Å². The summed E-state index contributed by atoms with van der Waals surface area (Å²) in [5, 5.41) is 9.92. The van der Waals surface area contributed by atoms with E-state index in [1.54, 1.807) is 9.47 Å². The normalized spacial score (nSPS) is 17.6. The van der Waals surface area contributed by atoms with Gasteiger partial charge >= 0.3 is 0 Å². The van der Waals surface area contributed by atoms with Crippen molar-refractivity contribution in [1.29, 1.82) is 5.26 Å². The Kier molecular flexibility index (Phi) is 9.11. The van der Waals surface area contributed by atoms with Gasteiger partial charge in [-0.2, -0.15) is 5.26 Å². The molecule has 200 valence electrons. The standard InChI is InChI=1S/C30H36N4O2S2/c1-5-6-14-33-27(32-15-12-23(13-16-32)17-22-10-8-7-9-11-22)24(21(4)25(19-31)28(33)35)18-26-29(36)34(20(2)3)30(37)38-26/h7-11,18,20,23H,5-6,12-17H2,1-4H3/b26-18-. The van der Waals surface area contributed by atoms with Crippen LogP contribution in [-0.4, -0.2) is 38.8 Å². The maximum absolute atomic E-state index is 13.5. The van der Waals surface area contributed by atoms with Crippen molar-refractivity contribution in [2.24, 2.45) is 5.92 Å². The van der Waals surface area contributed by atoms with Gasteiger partial charge in [-0.05, 0) is 69.6 Å². The summed E-state index contributed by atoms with van der Waals surface area (Å²) in [6, 6.07) is 12.7. The summed E-state index contributed by atoms with van der Waals surface area (Å²) < 4.78 is 2.32. The van der Waals surface area contributed by atoms with Crippen LogP contribution in [0.3, 0.4) is 0 Å². The van der Waals surface area contributed by atoms with Gasteiger partial charge in [0.05, 0.1) is 4.91 Å². The van der Waals surface area contributed by atoms with Gasteiger partial charge in [-0.3, -0.25) is 19.1 Å². The van der Waals surface area contributed by atoms with Gasteiger partial charge < -0.3 is 4.90 Å². The summed E-state index contributed by atoms with van der Waals surface area (Å²) in [6.45, 7) is 10.00. The third-order valence-electron chi connectivity index (χ3n) is 7.48. The number of benzene rings is 1. The summed E-state index contributed by atoms with van der Waals surface area (Å²) in [5.74, 6) is 1.29. The minimum Gasteiger partial charge on any atom is -0.357 e. The number of amides is 1. The van der Waals surface area contributed by atoms with Crippen molar-refractivity contribution >= 4 is 46.1 Å². The number of thioether (sulfide) groups is 1. The van der Waals surface area contributed by atoms with Crippen molar-refractivity contribution in [2.45, 2.75) is 72.4 Å². The predicted octanol–water partition coefficient (Wildman–Crippen LogP) is 5.90. The van der Waals surface area contributed by atoms with Gasteiger partial charge in [0.25, 0.3) is 11.5 Å². The van der Waals surface area contributed by atoms with E-state index >= 15 is 0 Å². The van der Waals surface area contributed by atoms with Gasteiger partial charge in [-0.1, -0.05) is 67.7 Å². The van der Waals surface area contributed by atoms with Crippen LogP contribution in [0.5, 0.6) is 0 Å². The molecule has 0 unspecified atom stereocenters. The molecular weight excluding hydrogens is 512 g/mol. The number of nitriles is 1. The van der Waals surface area contributed by atoms with Gasteiger partial charge in [0, 0.05) is 31.2 Å². The molecule has 2 aliphatic heterocycles. The van der Waals surface area contributed by atoms with Crippen LogP contribution in [0.2, 0.25) is 0 Å². The molecule has 1 aromatic heterocycles. The highest BCUT2D eigenvalue weighted by Crippen LogP contribution is 2.37. The van der Waals surface area contributed by atoms with Crippen LogP contribution in [0.4, 0.5) is 5.82 Å². The molecule has 2 fully saturated rings. The van der Waals surface area contributed by atoms with Gasteiger partial charge in [0.1, 0.15) is 21.8 Å². The molecule has 6 nitrogen and oxygen atoms in total. The SMILES string of the molecule is CCCCn1c(N2CCC(Cc3ccccc3)CC2)c(/C=C2\SC(=S)N(C(C)C)C2=O)c(C)c(C#N)c1=O. The molecule has 1 amide bonds. The molecule has 38 heavy (non-hydrogen) atoms. The summed E-state index contributed by atoms with van der Waals surface area (Å²) in [6.07, 6.45) is 6.72. The van der Waals surface area contributed by atoms with Crippen molar-refractivity contribution in [1.82, 2.24) is 9.47 Å². The first kappa shape index (κ1) is 28.1. The molecule has 2 aliphatic rings. The number of piperidine rings is 1. The van der Waals surface area contributed by atoms with Crippen LogP contribution >= 0.6 is 24.0 Å². The second-order valence-corrected chi connectivity index (χ2v) is 12.1. The zero-order valence-electron chi connectivity index (χ0n) is 22.7. The molecule has 2 saturated heterocycles. The first-order valence-electron chi connectivity index (χ1n) is 13.5. The number of thiocarbonyl (C=S) groups is 1. The van der Waals surface area contributed by atoms with Gasteiger partial charge in [0.2, 0.25) is 0 Å². The number of carbonyl (C=O) groups excluding carboxylic acids is 1. The highest BCUT2D eigenvalue weighted by Gasteiger charge is 2.35. The molecular formula is C30H36N4O2S2. The van der Waals surface area contributed by atoms with Crippen molar-refractivity contribution < 1.29 is 4.79 Å². The summed E-state index contributed by atoms with van der Waals surface area (Å²) in [7, 11) is 0. The number of nitrogens with zero attached hydrogens (tertiary/aromatic N) is 4. The molecule has 0 radical (unpaired) electrons. The maximum Gasteiger partial charge on any atom is 0.270 e. The Bertz CT molecular complexity index is 1330. The monoisotopic (exact) mass is 548 g/mol. The van der Waals surface area contributed by atoms with Crippen molar-refractivity contribution in [3.63, 3.8) is 0 Å². The Morgan fingerprint density at radius 3 is 2.45 bits per heavy atom. The number of carbonyl (C=O) groups is 1. The fourth-order valence-corrected chi connectivity index (χ4v) is 6.87. The van der Waals surface area contributed by atoms with Crippen molar-refractivity contribution in [2.75, 3.05) is 18.0 Å². The quantitative estimate of drug-likeness (QED) is 0.302. The van der Waals surface area contributed by atoms with E-state index in [1.807, 2.05) is 32.9 Å². The lowest BCUT2D eigenvalue weighted by Gasteiger charge is -2.36. The Morgan fingerprint density at radius 2 is 1.87 bits per heavy atom. The smallest absolute Gasteiger partial charge is 0.270 e. The zero-order chi connectivity index (χ0) is 27.4. The molecule has 0 spiro atoms. The second kappa shape index (κ2) is 12.3. The number of rotatable bonds is 8. The molecule has 8 heteroatoms. The van der Waals surface area contributed by atoms with Crippen molar-refractivity contribution in [3.8, 4) is 6.07 Å². The van der Waals surface area contributed by atoms with Gasteiger partial charge in [-0.25, -0.2) is 0 Å². The van der Waals surface area contributed by atoms with E-state index in [-0.39, 0.29) is 23.1 Å². The highest BCUT2D eigenvalue weighted by molar-refractivity contribution is 8.26. The third kappa shape index (κ3) is 5.74. The Morgan fingerprint density at radius 1 is 1.18 bits per heavy atom. The van der Waals surface area contributed by atoms with Gasteiger partial charge in [0.15, 0.2) is 0 Å². The summed E-state index contributed by atoms with van der Waals surface area (Å²) >= 11 is 6.80. The fourth-order valence-electron chi connectivity index (χ4n) is 5.36. The van der Waals surface area contributed by atoms with E-state index in [0.717, 1.165) is 56.6 Å². The van der Waals surface area contributed by atoms with E-state index in [1.165, 1.54) is 17.3 Å². The largest absolute Gasteiger partial charge is 0.357 e. The number of anilines is 1.